The van der Waals surface area contributed by atoms with E-state index in [4.69, 9.17) is 11.6 Å². The van der Waals surface area contributed by atoms with Gasteiger partial charge in [-0.1, -0.05) is 48.9 Å². The van der Waals surface area contributed by atoms with E-state index in [2.05, 4.69) is 10.7 Å². The Hall–Kier alpha value is -2.42. The summed E-state index contributed by atoms with van der Waals surface area (Å²) in [4.78, 5) is 40.6. The van der Waals surface area contributed by atoms with Crippen LogP contribution in [0, 0.1) is 0 Å². The maximum atomic E-state index is 13.0. The molecule has 3 rings (SSSR count). The Morgan fingerprint density at radius 2 is 1.96 bits per heavy atom. The summed E-state index contributed by atoms with van der Waals surface area (Å²) in [6.45, 7) is 2.38. The van der Waals surface area contributed by atoms with Crippen LogP contribution in [0.15, 0.2) is 42.5 Å². The lowest BCUT2D eigenvalue weighted by Gasteiger charge is -2.25. The molecule has 2 aromatic rings. The minimum absolute atomic E-state index is 0.0248. The first kappa shape index (κ1) is 20.3. The molecule has 0 aliphatic carbocycles. The second kappa shape index (κ2) is 8.30. The number of halogens is 1. The van der Waals surface area contributed by atoms with Crippen molar-refractivity contribution in [2.45, 2.75) is 25.4 Å². The number of carbonyl (C=O) groups is 3. The first-order chi connectivity index (χ1) is 13.4. The van der Waals surface area contributed by atoms with Crippen LogP contribution in [0.2, 0.25) is 4.34 Å². The third-order valence-electron chi connectivity index (χ3n) is 4.59. The molecule has 2 N–H and O–H groups in total. The molecule has 1 fully saturated rings. The lowest BCUT2D eigenvalue weighted by molar-refractivity contribution is -0.139. The van der Waals surface area contributed by atoms with Gasteiger partial charge < -0.3 is 5.32 Å². The lowest BCUT2D eigenvalue weighted by atomic mass is 9.87. The fraction of sp³-hybridized carbons (Fsp3) is 0.316. The Morgan fingerprint density at radius 3 is 2.57 bits per heavy atom. The fourth-order valence-corrected chi connectivity index (χ4v) is 4.37. The molecule has 1 aliphatic heterocycles. The van der Waals surface area contributed by atoms with Gasteiger partial charge in [0.1, 0.15) is 5.54 Å². The number of thiophene rings is 1. The van der Waals surface area contributed by atoms with Crippen molar-refractivity contribution in [1.82, 2.24) is 20.7 Å². The van der Waals surface area contributed by atoms with E-state index in [1.807, 2.05) is 19.1 Å². The third-order valence-corrected chi connectivity index (χ3v) is 5.81. The molecule has 1 saturated heterocycles. The maximum absolute atomic E-state index is 13.0. The molecule has 1 aromatic carbocycles. The van der Waals surface area contributed by atoms with E-state index in [-0.39, 0.29) is 6.54 Å². The minimum Gasteiger partial charge on any atom is -0.318 e. The summed E-state index contributed by atoms with van der Waals surface area (Å²) in [5.41, 5.74) is 1.93. The van der Waals surface area contributed by atoms with E-state index in [1.54, 1.807) is 42.3 Å². The van der Waals surface area contributed by atoms with E-state index in [1.165, 1.54) is 11.3 Å². The van der Waals surface area contributed by atoms with Gasteiger partial charge in [-0.2, -0.15) is 5.01 Å². The highest BCUT2D eigenvalue weighted by molar-refractivity contribution is 7.16. The summed E-state index contributed by atoms with van der Waals surface area (Å²) in [7, 11) is 1.78. The van der Waals surface area contributed by atoms with Gasteiger partial charge in [0.05, 0.1) is 10.9 Å². The van der Waals surface area contributed by atoms with Crippen molar-refractivity contribution in [1.29, 1.82) is 0 Å². The van der Waals surface area contributed by atoms with Crippen LogP contribution in [-0.4, -0.2) is 41.3 Å². The number of hydrogen-bond acceptors (Lipinski definition) is 5. The summed E-state index contributed by atoms with van der Waals surface area (Å²) in [6, 6.07) is 12.1. The lowest BCUT2D eigenvalue weighted by Crippen LogP contribution is -2.50. The molecule has 4 amide bonds. The number of urea groups is 1. The zero-order valence-corrected chi connectivity index (χ0v) is 17.1. The van der Waals surface area contributed by atoms with Crippen LogP contribution >= 0.6 is 22.9 Å². The third kappa shape index (κ3) is 4.04. The predicted octanol–water partition coefficient (Wildman–Crippen LogP) is 2.72. The molecule has 1 atom stereocenters. The van der Waals surface area contributed by atoms with Crippen LogP contribution in [0.25, 0.3) is 0 Å². The van der Waals surface area contributed by atoms with Gasteiger partial charge in [-0.3, -0.25) is 19.9 Å². The minimum atomic E-state index is -1.18. The number of likely N-dealkylation sites (N-methyl/N-ethyl adjacent to an activating group) is 1. The molecule has 0 saturated carbocycles. The molecule has 0 radical (unpaired) electrons. The van der Waals surface area contributed by atoms with Crippen LogP contribution in [-0.2, 0) is 21.7 Å². The van der Waals surface area contributed by atoms with Crippen molar-refractivity contribution in [2.75, 3.05) is 13.6 Å². The van der Waals surface area contributed by atoms with Crippen molar-refractivity contribution in [2.24, 2.45) is 0 Å². The number of hydrogen-bond donors (Lipinski definition) is 2. The van der Waals surface area contributed by atoms with Gasteiger partial charge in [0.25, 0.3) is 11.8 Å². The first-order valence-electron chi connectivity index (χ1n) is 8.80. The number of rotatable bonds is 7. The van der Waals surface area contributed by atoms with Crippen molar-refractivity contribution in [3.63, 3.8) is 0 Å². The van der Waals surface area contributed by atoms with Crippen molar-refractivity contribution < 1.29 is 14.4 Å². The summed E-state index contributed by atoms with van der Waals surface area (Å²) in [5, 5.41) is 3.50. The molecule has 1 aliphatic rings. The smallest absolute Gasteiger partial charge is 0.318 e. The van der Waals surface area contributed by atoms with Crippen LogP contribution in [0.4, 0.5) is 4.79 Å². The highest BCUT2D eigenvalue weighted by Gasteiger charge is 2.52. The molecule has 1 unspecified atom stereocenters. The average molecular weight is 421 g/mol. The zero-order valence-electron chi connectivity index (χ0n) is 15.6. The van der Waals surface area contributed by atoms with E-state index in [9.17, 15) is 14.4 Å². The molecular weight excluding hydrogens is 400 g/mol. The van der Waals surface area contributed by atoms with E-state index in [0.717, 1.165) is 9.89 Å². The summed E-state index contributed by atoms with van der Waals surface area (Å²) < 4.78 is 0.684. The van der Waals surface area contributed by atoms with E-state index in [0.29, 0.717) is 22.9 Å². The van der Waals surface area contributed by atoms with Crippen molar-refractivity contribution in [3.05, 3.63) is 57.2 Å². The Bertz CT molecular complexity index is 888. The average Bonchev–Trinajstić information content (AvgIpc) is 3.18. The van der Waals surface area contributed by atoms with Gasteiger partial charge in [0, 0.05) is 11.4 Å². The maximum Gasteiger partial charge on any atom is 0.344 e. The van der Waals surface area contributed by atoms with E-state index < -0.39 is 23.4 Å². The summed E-state index contributed by atoms with van der Waals surface area (Å²) in [6.07, 6.45) is 0.368. The van der Waals surface area contributed by atoms with Crippen LogP contribution in [0.5, 0.6) is 0 Å². The molecule has 0 bridgehead atoms. The fourth-order valence-electron chi connectivity index (χ4n) is 3.20. The number of hydrazine groups is 1. The number of nitrogens with zero attached hydrogens (tertiary/aromatic N) is 2. The molecular formula is C19H21ClN4O3S. The van der Waals surface area contributed by atoms with Crippen molar-refractivity contribution >= 4 is 40.8 Å². The van der Waals surface area contributed by atoms with Gasteiger partial charge in [-0.15, -0.1) is 11.3 Å². The van der Waals surface area contributed by atoms with Gasteiger partial charge in [-0.05, 0) is 31.2 Å². The van der Waals surface area contributed by atoms with Gasteiger partial charge in [-0.25, -0.2) is 4.79 Å². The van der Waals surface area contributed by atoms with Crippen LogP contribution in [0.3, 0.4) is 0 Å². The SMILES string of the molecule is CCC1(c2ccccc2)NC(=O)N(NC(=O)CN(C)Cc2ccc(Cl)s2)C1=O. The second-order valence-electron chi connectivity index (χ2n) is 6.61. The summed E-state index contributed by atoms with van der Waals surface area (Å²) >= 11 is 7.36. The Morgan fingerprint density at radius 1 is 1.25 bits per heavy atom. The molecule has 2 heterocycles. The Balaban J connectivity index is 1.66. The Kier molecular flexibility index (Phi) is 6.02. The highest BCUT2D eigenvalue weighted by Crippen LogP contribution is 2.31. The topological polar surface area (TPSA) is 81.8 Å². The zero-order chi connectivity index (χ0) is 20.3. The monoisotopic (exact) mass is 420 g/mol. The quantitative estimate of drug-likeness (QED) is 0.675. The van der Waals surface area contributed by atoms with Crippen LogP contribution < -0.4 is 10.7 Å². The van der Waals surface area contributed by atoms with Gasteiger partial charge in [0.2, 0.25) is 0 Å². The van der Waals surface area contributed by atoms with E-state index >= 15 is 0 Å². The standard InChI is InChI=1S/C19H21ClN4O3S/c1-3-19(13-7-5-4-6-8-13)17(26)24(18(27)21-19)22-16(25)12-23(2)11-14-9-10-15(20)28-14/h4-10H,3,11-12H2,1-2H3,(H,21,27)(H,22,25). The molecule has 7 nitrogen and oxygen atoms in total. The number of amides is 4. The molecule has 28 heavy (non-hydrogen) atoms. The van der Waals surface area contributed by atoms with Gasteiger partial charge >= 0.3 is 6.03 Å². The molecule has 9 heteroatoms. The number of benzene rings is 1. The first-order valence-corrected chi connectivity index (χ1v) is 9.99. The molecule has 148 valence electrons. The Labute approximate surface area is 172 Å². The highest BCUT2D eigenvalue weighted by atomic mass is 35.5. The molecule has 1 aromatic heterocycles. The number of nitrogens with one attached hydrogen (secondary N) is 2. The number of imide groups is 1. The second-order valence-corrected chi connectivity index (χ2v) is 8.41. The normalized spacial score (nSPS) is 19.2. The van der Waals surface area contributed by atoms with Crippen LogP contribution in [0.1, 0.15) is 23.8 Å². The van der Waals surface area contributed by atoms with Gasteiger partial charge in [0.15, 0.2) is 0 Å². The summed E-state index contributed by atoms with van der Waals surface area (Å²) in [5.74, 6) is -0.944. The number of carbonyl (C=O) groups excluding carboxylic acids is 3. The largest absolute Gasteiger partial charge is 0.344 e. The predicted molar refractivity (Wildman–Crippen MR) is 108 cm³/mol. The molecule has 0 spiro atoms. The van der Waals surface area contributed by atoms with Crippen molar-refractivity contribution in [3.8, 4) is 0 Å².